The molecule has 2 aromatic carbocycles. The molecule has 0 fully saturated rings. The molecule has 0 spiro atoms. The van der Waals surface area contributed by atoms with Crippen LogP contribution in [0.1, 0.15) is 16.7 Å². The summed E-state index contributed by atoms with van der Waals surface area (Å²) in [5.41, 5.74) is 4.01. The fourth-order valence-electron chi connectivity index (χ4n) is 2.07. The fourth-order valence-corrected chi connectivity index (χ4v) is 2.66. The molecular weight excluding hydrogens is 386 g/mol. The fraction of sp³-hybridized carbons (Fsp3) is 0.400. The first-order valence-corrected chi connectivity index (χ1v) is 16.3. The van der Waals surface area contributed by atoms with Gasteiger partial charge in [-0.1, -0.05) is 25.5 Å². The number of hydrogen-bond acceptors (Lipinski definition) is 1. The Hall–Kier alpha value is 0.470. The van der Waals surface area contributed by atoms with E-state index in [4.69, 9.17) is 21.5 Å². The molecule has 110 valence electrons. The van der Waals surface area contributed by atoms with Crippen molar-refractivity contribution >= 4 is 36.1 Å². The third kappa shape index (κ3) is 5.69. The van der Waals surface area contributed by atoms with Crippen LogP contribution in [0.5, 0.6) is 0 Å². The Kier molecular flexibility index (Phi) is 7.59. The number of aryl methyl sites for hydroxylation is 2. The van der Waals surface area contributed by atoms with Gasteiger partial charge in [-0.15, -0.1) is 34.0 Å². The Balaban J connectivity index is 0.000000612. The van der Waals surface area contributed by atoms with Gasteiger partial charge in [0.25, 0.3) is 0 Å². The van der Waals surface area contributed by atoms with E-state index in [9.17, 15) is 0 Å². The molecule has 0 atom stereocenters. The summed E-state index contributed by atoms with van der Waals surface area (Å²) in [5.74, 6) is 0. The van der Waals surface area contributed by atoms with Gasteiger partial charge in [-0.25, -0.2) is 0 Å². The Bertz CT molecular complexity index is 561. The van der Waals surface area contributed by atoms with Gasteiger partial charge in [-0.3, -0.25) is 0 Å². The average molecular weight is 408 g/mol. The topological polar surface area (TPSA) is 9.23 Å². The Morgan fingerprint density at radius 3 is 2.35 bits per heavy atom. The van der Waals surface area contributed by atoms with E-state index in [0.29, 0.717) is 0 Å². The molecule has 0 saturated heterocycles. The molecule has 20 heavy (non-hydrogen) atoms. The van der Waals surface area contributed by atoms with Gasteiger partial charge in [0.2, 0.25) is 0 Å². The SMILES string of the molecule is Cc1cc2c(CO[Si](C)(C)C)ccc(C)c2[cH-]1.[Cl][Zr][Cl]. The molecule has 1 nitrogen and oxygen atoms in total. The standard InChI is InChI=1S/C15H21OSi.2ClH.Zr/c1-11-8-14-12(2)6-7-13(15(14)9-11)10-16-17(3,4)5;;;/h6-9H,10H2,1-5H3;2*1H;/q-1;;;+2/p-2. The van der Waals surface area contributed by atoms with Gasteiger partial charge in [0.05, 0.1) is 6.61 Å². The van der Waals surface area contributed by atoms with Gasteiger partial charge >= 0.3 is 37.9 Å². The van der Waals surface area contributed by atoms with Crippen molar-refractivity contribution in [3.05, 3.63) is 41.0 Å². The van der Waals surface area contributed by atoms with Crippen molar-refractivity contribution in [2.24, 2.45) is 0 Å². The zero-order chi connectivity index (χ0) is 15.3. The third-order valence-electron chi connectivity index (χ3n) is 3.00. The summed E-state index contributed by atoms with van der Waals surface area (Å²) < 4.78 is 6.01. The van der Waals surface area contributed by atoms with Crippen LogP contribution in [-0.2, 0) is 31.9 Å². The molecule has 2 rings (SSSR count). The van der Waals surface area contributed by atoms with Gasteiger partial charge in [0, 0.05) is 0 Å². The van der Waals surface area contributed by atoms with Crippen molar-refractivity contribution in [1.29, 1.82) is 0 Å². The van der Waals surface area contributed by atoms with Crippen molar-refractivity contribution in [1.82, 2.24) is 0 Å². The molecule has 0 aliphatic heterocycles. The quantitative estimate of drug-likeness (QED) is 0.454. The Morgan fingerprint density at radius 2 is 1.80 bits per heavy atom. The molecule has 0 saturated carbocycles. The van der Waals surface area contributed by atoms with Crippen LogP contribution >= 0.6 is 17.0 Å². The molecule has 0 heterocycles. The molecule has 0 aliphatic rings. The average Bonchev–Trinajstić information content (AvgIpc) is 2.71. The zero-order valence-corrected chi connectivity index (χ0v) is 17.7. The first-order valence-electron chi connectivity index (χ1n) is 6.54. The Labute approximate surface area is 141 Å². The number of fused-ring (bicyclic) bond motifs is 1. The van der Waals surface area contributed by atoms with Crippen molar-refractivity contribution in [3.8, 4) is 0 Å². The number of rotatable bonds is 3. The normalized spacial score (nSPS) is 11.2. The summed E-state index contributed by atoms with van der Waals surface area (Å²) in [6, 6.07) is 8.94. The van der Waals surface area contributed by atoms with Gasteiger partial charge in [0.15, 0.2) is 8.32 Å². The van der Waals surface area contributed by atoms with E-state index >= 15 is 0 Å². The predicted octanol–water partition coefficient (Wildman–Crippen LogP) is 5.90. The number of hydrogen-bond donors (Lipinski definition) is 0. The second kappa shape index (κ2) is 8.19. The maximum atomic E-state index is 6.01. The molecule has 0 unspecified atom stereocenters. The minimum atomic E-state index is -1.43. The first-order chi connectivity index (χ1) is 9.28. The predicted molar refractivity (Wildman–Crippen MR) is 88.9 cm³/mol. The zero-order valence-electron chi connectivity index (χ0n) is 12.7. The monoisotopic (exact) mass is 405 g/mol. The van der Waals surface area contributed by atoms with Gasteiger partial charge in [-0.2, -0.15) is 6.07 Å². The van der Waals surface area contributed by atoms with Crippen LogP contribution in [0.25, 0.3) is 10.8 Å². The van der Waals surface area contributed by atoms with Crippen LogP contribution in [0.3, 0.4) is 0 Å². The number of benzene rings is 1. The third-order valence-corrected chi connectivity index (χ3v) is 4.01. The minimum absolute atomic E-state index is 0.746. The summed E-state index contributed by atoms with van der Waals surface area (Å²) in [6.45, 7) is 11.8. The summed E-state index contributed by atoms with van der Waals surface area (Å²) in [5, 5.41) is 2.74. The molecule has 0 radical (unpaired) electrons. The van der Waals surface area contributed by atoms with Gasteiger partial charge in [-0.05, 0) is 19.6 Å². The van der Waals surface area contributed by atoms with Crippen LogP contribution in [0.2, 0.25) is 19.6 Å². The molecule has 2 aromatic rings. The maximum absolute atomic E-state index is 6.01. The summed E-state index contributed by atoms with van der Waals surface area (Å²) >= 11 is -0.826. The van der Waals surface area contributed by atoms with Crippen LogP contribution in [-0.4, -0.2) is 8.32 Å². The first kappa shape index (κ1) is 18.5. The van der Waals surface area contributed by atoms with Gasteiger partial charge in [0.1, 0.15) is 0 Å². The van der Waals surface area contributed by atoms with Crippen LogP contribution < -0.4 is 0 Å². The second-order valence-corrected chi connectivity index (χ2v) is 14.1. The van der Waals surface area contributed by atoms with Crippen molar-refractivity contribution in [3.63, 3.8) is 0 Å². The van der Waals surface area contributed by atoms with E-state index in [0.717, 1.165) is 6.61 Å². The molecule has 0 aliphatic carbocycles. The summed E-state index contributed by atoms with van der Waals surface area (Å²) in [4.78, 5) is 0. The Morgan fingerprint density at radius 1 is 1.20 bits per heavy atom. The van der Waals surface area contributed by atoms with E-state index in [1.807, 2.05) is 0 Å². The van der Waals surface area contributed by atoms with Crippen LogP contribution in [0.15, 0.2) is 24.3 Å². The van der Waals surface area contributed by atoms with Crippen molar-refractivity contribution < 1.29 is 25.3 Å². The summed E-state index contributed by atoms with van der Waals surface area (Å²) in [7, 11) is 8.43. The van der Waals surface area contributed by atoms with E-state index in [2.05, 4.69) is 57.8 Å². The molecule has 0 bridgehead atoms. The van der Waals surface area contributed by atoms with E-state index in [-0.39, 0.29) is 0 Å². The van der Waals surface area contributed by atoms with E-state index < -0.39 is 29.2 Å². The number of halogens is 2. The van der Waals surface area contributed by atoms with Crippen molar-refractivity contribution in [2.45, 2.75) is 40.1 Å². The molecular formula is C15H21Cl2OSiZr-. The molecule has 0 aromatic heterocycles. The molecule has 0 N–H and O–H groups in total. The second-order valence-electron chi connectivity index (χ2n) is 5.87. The summed E-state index contributed by atoms with van der Waals surface area (Å²) in [6.07, 6.45) is 0. The van der Waals surface area contributed by atoms with Crippen LogP contribution in [0, 0.1) is 13.8 Å². The van der Waals surface area contributed by atoms with Crippen LogP contribution in [0.4, 0.5) is 0 Å². The molecule has 0 amide bonds. The van der Waals surface area contributed by atoms with Gasteiger partial charge < -0.3 is 4.43 Å². The van der Waals surface area contributed by atoms with E-state index in [1.54, 1.807) is 0 Å². The van der Waals surface area contributed by atoms with Crippen molar-refractivity contribution in [2.75, 3.05) is 0 Å². The van der Waals surface area contributed by atoms with E-state index in [1.165, 1.54) is 27.5 Å². The molecule has 5 heteroatoms.